The van der Waals surface area contributed by atoms with Crippen LogP contribution < -0.4 is 5.32 Å². The predicted molar refractivity (Wildman–Crippen MR) is 88.6 cm³/mol. The molecule has 0 amide bonds. The first-order valence-electron chi connectivity index (χ1n) is 9.05. The number of nitrogens with zero attached hydrogens (tertiary/aromatic N) is 1. The summed E-state index contributed by atoms with van der Waals surface area (Å²) in [6.07, 6.45) is 7.64. The maximum atomic E-state index is 5.82. The third-order valence-electron chi connectivity index (χ3n) is 5.95. The van der Waals surface area contributed by atoms with Gasteiger partial charge in [-0.3, -0.25) is 4.90 Å². The van der Waals surface area contributed by atoms with Crippen LogP contribution in [0.5, 0.6) is 0 Å². The van der Waals surface area contributed by atoms with Crippen molar-refractivity contribution in [2.45, 2.75) is 44.3 Å². The second kappa shape index (κ2) is 6.69. The first-order chi connectivity index (χ1) is 10.9. The summed E-state index contributed by atoms with van der Waals surface area (Å²) >= 11 is 0. The zero-order valence-electron chi connectivity index (χ0n) is 13.4. The monoisotopic (exact) mass is 300 g/mol. The fraction of sp³-hybridized carbons (Fsp3) is 0.684. The van der Waals surface area contributed by atoms with E-state index >= 15 is 0 Å². The lowest BCUT2D eigenvalue weighted by Gasteiger charge is -2.50. The van der Waals surface area contributed by atoms with Crippen LogP contribution in [0.2, 0.25) is 0 Å². The zero-order chi connectivity index (χ0) is 14.8. The number of hydrogen-bond donors (Lipinski definition) is 1. The number of morpholine rings is 1. The topological polar surface area (TPSA) is 24.5 Å². The maximum absolute atomic E-state index is 5.82. The largest absolute Gasteiger partial charge is 0.378 e. The second-order valence-electron chi connectivity index (χ2n) is 7.14. The Labute approximate surface area is 134 Å². The van der Waals surface area contributed by atoms with Crippen molar-refractivity contribution in [2.75, 3.05) is 26.3 Å². The van der Waals surface area contributed by atoms with Gasteiger partial charge in [0.2, 0.25) is 0 Å². The predicted octanol–water partition coefficient (Wildman–Crippen LogP) is 3.19. The fourth-order valence-electron chi connectivity index (χ4n) is 4.85. The normalized spacial score (nSPS) is 36.7. The van der Waals surface area contributed by atoms with Crippen molar-refractivity contribution in [3.05, 3.63) is 35.9 Å². The van der Waals surface area contributed by atoms with E-state index in [1.54, 1.807) is 0 Å². The maximum Gasteiger partial charge on any atom is 0.0664 e. The summed E-state index contributed by atoms with van der Waals surface area (Å²) in [6.45, 7) is 3.95. The van der Waals surface area contributed by atoms with Gasteiger partial charge in [0.25, 0.3) is 0 Å². The highest BCUT2D eigenvalue weighted by molar-refractivity contribution is 5.20. The minimum Gasteiger partial charge on any atom is -0.378 e. The third kappa shape index (κ3) is 2.82. The molecule has 1 aliphatic carbocycles. The van der Waals surface area contributed by atoms with E-state index < -0.39 is 0 Å². The van der Waals surface area contributed by atoms with E-state index in [1.165, 1.54) is 44.2 Å². The van der Waals surface area contributed by atoms with Crippen LogP contribution in [-0.2, 0) is 4.74 Å². The first-order valence-corrected chi connectivity index (χ1v) is 9.05. The Morgan fingerprint density at radius 1 is 1.05 bits per heavy atom. The molecule has 3 heteroatoms. The Bertz CT molecular complexity index is 476. The van der Waals surface area contributed by atoms with Gasteiger partial charge in [-0.05, 0) is 36.8 Å². The van der Waals surface area contributed by atoms with E-state index in [9.17, 15) is 0 Å². The number of benzene rings is 1. The molecule has 2 aliphatic heterocycles. The van der Waals surface area contributed by atoms with Crippen LogP contribution in [-0.4, -0.2) is 37.4 Å². The average molecular weight is 300 g/mol. The van der Waals surface area contributed by atoms with Crippen molar-refractivity contribution >= 4 is 0 Å². The van der Waals surface area contributed by atoms with Crippen LogP contribution in [0.25, 0.3) is 0 Å². The standard InChI is InChI=1S/C19H28N2O/c1-2-7-16(8-3-1)18-14-22-13-12-21(18)19-17-9-5-4-6-15(17)10-11-20-19/h1-3,7-8,15,17-20H,4-6,9-14H2. The Morgan fingerprint density at radius 2 is 1.91 bits per heavy atom. The molecular weight excluding hydrogens is 272 g/mol. The van der Waals surface area contributed by atoms with Crippen molar-refractivity contribution < 1.29 is 4.74 Å². The number of piperidine rings is 1. The molecule has 1 aromatic rings. The van der Waals surface area contributed by atoms with E-state index in [1.807, 2.05) is 0 Å². The van der Waals surface area contributed by atoms with Crippen molar-refractivity contribution in [1.29, 1.82) is 0 Å². The number of nitrogens with one attached hydrogen (secondary N) is 1. The summed E-state index contributed by atoms with van der Waals surface area (Å²) in [4.78, 5) is 2.71. The number of hydrogen-bond acceptors (Lipinski definition) is 3. The lowest BCUT2D eigenvalue weighted by molar-refractivity contribution is -0.0733. The van der Waals surface area contributed by atoms with Crippen LogP contribution >= 0.6 is 0 Å². The highest BCUT2D eigenvalue weighted by Gasteiger charge is 2.41. The molecule has 1 N–H and O–H groups in total. The lowest BCUT2D eigenvalue weighted by atomic mass is 9.73. The van der Waals surface area contributed by atoms with Gasteiger partial charge < -0.3 is 10.1 Å². The summed E-state index contributed by atoms with van der Waals surface area (Å²) in [6, 6.07) is 11.3. The van der Waals surface area contributed by atoms with Crippen molar-refractivity contribution in [3.63, 3.8) is 0 Å². The van der Waals surface area contributed by atoms with E-state index in [4.69, 9.17) is 4.74 Å². The molecule has 0 aromatic heterocycles. The Hall–Kier alpha value is -0.900. The zero-order valence-corrected chi connectivity index (χ0v) is 13.4. The van der Waals surface area contributed by atoms with Crippen LogP contribution in [0.4, 0.5) is 0 Å². The molecule has 3 fully saturated rings. The smallest absolute Gasteiger partial charge is 0.0664 e. The van der Waals surface area contributed by atoms with Gasteiger partial charge in [-0.15, -0.1) is 0 Å². The van der Waals surface area contributed by atoms with Crippen LogP contribution in [0, 0.1) is 11.8 Å². The van der Waals surface area contributed by atoms with Gasteiger partial charge in [0, 0.05) is 6.54 Å². The third-order valence-corrected chi connectivity index (χ3v) is 5.95. The Kier molecular flexibility index (Phi) is 4.47. The van der Waals surface area contributed by atoms with Crippen molar-refractivity contribution in [2.24, 2.45) is 11.8 Å². The number of ether oxygens (including phenoxy) is 1. The average Bonchev–Trinajstić information content (AvgIpc) is 2.62. The van der Waals surface area contributed by atoms with Crippen LogP contribution in [0.15, 0.2) is 30.3 Å². The second-order valence-corrected chi connectivity index (χ2v) is 7.14. The van der Waals surface area contributed by atoms with Crippen molar-refractivity contribution in [3.8, 4) is 0 Å². The molecule has 4 unspecified atom stereocenters. The first kappa shape index (κ1) is 14.7. The molecule has 2 heterocycles. The highest BCUT2D eigenvalue weighted by Crippen LogP contribution is 2.40. The van der Waals surface area contributed by atoms with Crippen molar-refractivity contribution in [1.82, 2.24) is 10.2 Å². The molecule has 0 bridgehead atoms. The highest BCUT2D eigenvalue weighted by atomic mass is 16.5. The molecule has 4 rings (SSSR count). The van der Waals surface area contributed by atoms with Gasteiger partial charge in [0.1, 0.15) is 0 Å². The quantitative estimate of drug-likeness (QED) is 0.908. The molecule has 4 atom stereocenters. The summed E-state index contributed by atoms with van der Waals surface area (Å²) in [5.74, 6) is 1.78. The Morgan fingerprint density at radius 3 is 2.82 bits per heavy atom. The molecule has 3 nitrogen and oxygen atoms in total. The minimum absolute atomic E-state index is 0.410. The van der Waals surface area contributed by atoms with Gasteiger partial charge in [-0.25, -0.2) is 0 Å². The molecule has 1 saturated carbocycles. The van der Waals surface area contributed by atoms with Gasteiger partial charge in [-0.2, -0.15) is 0 Å². The minimum atomic E-state index is 0.410. The van der Waals surface area contributed by atoms with E-state index in [0.29, 0.717) is 12.2 Å². The van der Waals surface area contributed by atoms with Crippen LogP contribution in [0.3, 0.4) is 0 Å². The van der Waals surface area contributed by atoms with E-state index in [2.05, 4.69) is 40.5 Å². The SMILES string of the molecule is c1ccc(C2COCCN2C2NCCC3CCCCC32)cc1. The van der Waals surface area contributed by atoms with Gasteiger partial charge in [0.05, 0.1) is 25.4 Å². The van der Waals surface area contributed by atoms with Crippen LogP contribution in [0.1, 0.15) is 43.7 Å². The molecule has 3 aliphatic rings. The number of rotatable bonds is 2. The summed E-state index contributed by atoms with van der Waals surface area (Å²) < 4.78 is 5.82. The lowest BCUT2D eigenvalue weighted by Crippen LogP contribution is -2.59. The molecule has 1 aromatic carbocycles. The molecule has 0 spiro atoms. The summed E-state index contributed by atoms with van der Waals surface area (Å²) in [7, 11) is 0. The molecule has 120 valence electrons. The molecule has 2 saturated heterocycles. The molecular formula is C19H28N2O. The Balaban J connectivity index is 1.58. The fourth-order valence-corrected chi connectivity index (χ4v) is 4.85. The summed E-state index contributed by atoms with van der Waals surface area (Å²) in [5.41, 5.74) is 1.40. The van der Waals surface area contributed by atoms with Gasteiger partial charge in [-0.1, -0.05) is 49.6 Å². The molecule has 22 heavy (non-hydrogen) atoms. The van der Waals surface area contributed by atoms with E-state index in [-0.39, 0.29) is 0 Å². The van der Waals surface area contributed by atoms with E-state index in [0.717, 1.165) is 31.6 Å². The molecule has 0 radical (unpaired) electrons. The number of fused-ring (bicyclic) bond motifs is 1. The summed E-state index contributed by atoms with van der Waals surface area (Å²) in [5, 5.41) is 3.86. The van der Waals surface area contributed by atoms with Gasteiger partial charge >= 0.3 is 0 Å². The van der Waals surface area contributed by atoms with Gasteiger partial charge in [0.15, 0.2) is 0 Å².